The highest BCUT2D eigenvalue weighted by Gasteiger charge is 2.12. The summed E-state index contributed by atoms with van der Waals surface area (Å²) in [5, 5.41) is 8.72. The molecule has 0 bridgehead atoms. The Bertz CT molecular complexity index is 862. The molecule has 8 heteroatoms. The van der Waals surface area contributed by atoms with Crippen LogP contribution in [0.2, 0.25) is 0 Å². The van der Waals surface area contributed by atoms with Crippen molar-refractivity contribution < 1.29 is 14.0 Å². The molecule has 3 N–H and O–H groups in total. The number of carbonyl (C=O) groups is 2. The van der Waals surface area contributed by atoms with E-state index < -0.39 is 5.91 Å². The Morgan fingerprint density at radius 2 is 2.22 bits per heavy atom. The molecule has 6 nitrogen and oxygen atoms in total. The number of nitrogens with one attached hydrogen (secondary N) is 1. The molecule has 0 saturated carbocycles. The summed E-state index contributed by atoms with van der Waals surface area (Å²) in [6.45, 7) is 0. The third-order valence-corrected chi connectivity index (χ3v) is 4.30. The quantitative estimate of drug-likeness (QED) is 0.694. The fourth-order valence-electron chi connectivity index (χ4n) is 1.73. The van der Waals surface area contributed by atoms with Crippen molar-refractivity contribution in [2.24, 2.45) is 5.73 Å². The number of rotatable bonds is 5. The van der Waals surface area contributed by atoms with E-state index in [1.807, 2.05) is 16.8 Å². The van der Waals surface area contributed by atoms with E-state index in [1.165, 1.54) is 29.7 Å². The Balaban J connectivity index is 1.67. The normalized spacial score (nSPS) is 11.0. The minimum Gasteiger partial charge on any atom is -0.462 e. The van der Waals surface area contributed by atoms with Crippen LogP contribution in [-0.4, -0.2) is 16.8 Å². The third-order valence-electron chi connectivity index (χ3n) is 2.84. The molecule has 0 spiro atoms. The van der Waals surface area contributed by atoms with Gasteiger partial charge in [0, 0.05) is 11.5 Å². The van der Waals surface area contributed by atoms with E-state index in [1.54, 1.807) is 22.8 Å². The summed E-state index contributed by atoms with van der Waals surface area (Å²) in [5.41, 5.74) is 6.94. The monoisotopic (exact) mass is 345 g/mol. The van der Waals surface area contributed by atoms with Gasteiger partial charge in [-0.25, -0.2) is 4.98 Å². The summed E-state index contributed by atoms with van der Waals surface area (Å²) in [6.07, 6.45) is 4.45. The summed E-state index contributed by atoms with van der Waals surface area (Å²) in [7, 11) is 0. The second-order valence-corrected chi connectivity index (χ2v) is 6.12. The van der Waals surface area contributed by atoms with Gasteiger partial charge in [0.2, 0.25) is 5.91 Å². The molecular formula is C15H11N3O3S2. The van der Waals surface area contributed by atoms with Crippen molar-refractivity contribution in [1.29, 1.82) is 0 Å². The molecule has 0 saturated heterocycles. The maximum absolute atomic E-state index is 11.8. The zero-order valence-electron chi connectivity index (χ0n) is 11.7. The molecule has 0 aliphatic rings. The number of hydrogen-bond acceptors (Lipinski definition) is 6. The molecule has 3 heterocycles. The summed E-state index contributed by atoms with van der Waals surface area (Å²) in [6, 6.07) is 3.43. The number of thiazole rings is 1. The number of anilines is 1. The molecule has 0 fully saturated rings. The lowest BCUT2D eigenvalue weighted by molar-refractivity contribution is -0.111. The van der Waals surface area contributed by atoms with Crippen molar-refractivity contribution in [2.75, 3.05) is 5.32 Å². The van der Waals surface area contributed by atoms with Gasteiger partial charge in [0.25, 0.3) is 5.91 Å². The number of primary amides is 1. The summed E-state index contributed by atoms with van der Waals surface area (Å²) >= 11 is 2.83. The molecule has 3 aromatic rings. The average molecular weight is 345 g/mol. The van der Waals surface area contributed by atoms with Crippen molar-refractivity contribution in [3.8, 4) is 11.5 Å². The summed E-state index contributed by atoms with van der Waals surface area (Å²) in [4.78, 5) is 27.1. The molecule has 0 atom stereocenters. The van der Waals surface area contributed by atoms with Crippen LogP contribution in [0, 0.1) is 0 Å². The van der Waals surface area contributed by atoms with Gasteiger partial charge in [-0.15, -0.1) is 11.3 Å². The van der Waals surface area contributed by atoms with Crippen LogP contribution < -0.4 is 11.1 Å². The van der Waals surface area contributed by atoms with Crippen molar-refractivity contribution in [3.63, 3.8) is 0 Å². The molecule has 3 rings (SSSR count). The van der Waals surface area contributed by atoms with Gasteiger partial charge in [-0.1, -0.05) is 0 Å². The number of hydrogen-bond donors (Lipinski definition) is 2. The Kier molecular flexibility index (Phi) is 4.35. The van der Waals surface area contributed by atoms with Gasteiger partial charge in [0.1, 0.15) is 12.0 Å². The maximum atomic E-state index is 11.8. The average Bonchev–Trinajstić information content (AvgIpc) is 3.26. The van der Waals surface area contributed by atoms with Crippen LogP contribution in [-0.2, 0) is 4.79 Å². The first kappa shape index (κ1) is 15.2. The van der Waals surface area contributed by atoms with Gasteiger partial charge >= 0.3 is 0 Å². The van der Waals surface area contributed by atoms with Crippen LogP contribution >= 0.6 is 22.7 Å². The molecule has 0 aliphatic heterocycles. The van der Waals surface area contributed by atoms with E-state index >= 15 is 0 Å². The van der Waals surface area contributed by atoms with Gasteiger partial charge in [-0.05, 0) is 34.5 Å². The SMILES string of the molecule is NC(=O)c1coc(-c2csc(NC(=O)/C=C/c3ccsc3)n2)c1. The number of carbonyl (C=O) groups excluding carboxylic acids is 2. The Morgan fingerprint density at radius 1 is 1.35 bits per heavy atom. The first-order chi connectivity index (χ1) is 11.1. The zero-order valence-corrected chi connectivity index (χ0v) is 13.3. The first-order valence-electron chi connectivity index (χ1n) is 6.47. The number of thiophene rings is 1. The van der Waals surface area contributed by atoms with E-state index in [9.17, 15) is 9.59 Å². The van der Waals surface area contributed by atoms with E-state index in [-0.39, 0.29) is 11.5 Å². The van der Waals surface area contributed by atoms with Crippen LogP contribution in [0.15, 0.2) is 45.0 Å². The van der Waals surface area contributed by atoms with Crippen molar-refractivity contribution >= 4 is 45.7 Å². The fraction of sp³-hybridized carbons (Fsp3) is 0. The minimum atomic E-state index is -0.567. The van der Waals surface area contributed by atoms with E-state index in [0.29, 0.717) is 16.6 Å². The summed E-state index contributed by atoms with van der Waals surface area (Å²) in [5.74, 6) is -0.416. The molecule has 23 heavy (non-hydrogen) atoms. The van der Waals surface area contributed by atoms with Gasteiger partial charge in [0.15, 0.2) is 10.9 Å². The molecule has 0 aliphatic carbocycles. The van der Waals surface area contributed by atoms with Crippen LogP contribution in [0.25, 0.3) is 17.5 Å². The van der Waals surface area contributed by atoms with Crippen LogP contribution in [0.5, 0.6) is 0 Å². The molecule has 0 aromatic carbocycles. The predicted octanol–water partition coefficient (Wildman–Crippen LogP) is 3.22. The van der Waals surface area contributed by atoms with Crippen molar-refractivity contribution in [1.82, 2.24) is 4.98 Å². The van der Waals surface area contributed by atoms with Crippen LogP contribution in [0.4, 0.5) is 5.13 Å². The molecular weight excluding hydrogens is 334 g/mol. The highest BCUT2D eigenvalue weighted by Crippen LogP contribution is 2.26. The number of nitrogens with two attached hydrogens (primary N) is 1. The number of aromatic nitrogens is 1. The molecule has 0 unspecified atom stereocenters. The van der Waals surface area contributed by atoms with Crippen molar-refractivity contribution in [2.45, 2.75) is 0 Å². The summed E-state index contributed by atoms with van der Waals surface area (Å²) < 4.78 is 5.24. The Morgan fingerprint density at radius 3 is 2.91 bits per heavy atom. The molecule has 116 valence electrons. The predicted molar refractivity (Wildman–Crippen MR) is 90.3 cm³/mol. The van der Waals surface area contributed by atoms with E-state index in [4.69, 9.17) is 10.2 Å². The van der Waals surface area contributed by atoms with E-state index in [2.05, 4.69) is 10.3 Å². The van der Waals surface area contributed by atoms with Gasteiger partial charge in [-0.3, -0.25) is 14.9 Å². The van der Waals surface area contributed by atoms with Gasteiger partial charge in [-0.2, -0.15) is 11.3 Å². The zero-order chi connectivity index (χ0) is 16.2. The van der Waals surface area contributed by atoms with E-state index in [0.717, 1.165) is 5.56 Å². The van der Waals surface area contributed by atoms with Crippen molar-refractivity contribution in [3.05, 3.63) is 51.7 Å². The lowest BCUT2D eigenvalue weighted by atomic mass is 10.3. The second-order valence-electron chi connectivity index (χ2n) is 4.48. The lowest BCUT2D eigenvalue weighted by Crippen LogP contribution is -2.09. The highest BCUT2D eigenvalue weighted by molar-refractivity contribution is 7.14. The first-order valence-corrected chi connectivity index (χ1v) is 8.29. The number of nitrogens with zero attached hydrogens (tertiary/aromatic N) is 1. The van der Waals surface area contributed by atoms with Gasteiger partial charge in [0.05, 0.1) is 5.56 Å². The van der Waals surface area contributed by atoms with Crippen LogP contribution in [0.3, 0.4) is 0 Å². The highest BCUT2D eigenvalue weighted by atomic mass is 32.1. The Hall–Kier alpha value is -2.71. The van der Waals surface area contributed by atoms with Gasteiger partial charge < -0.3 is 10.2 Å². The lowest BCUT2D eigenvalue weighted by Gasteiger charge is -1.95. The largest absolute Gasteiger partial charge is 0.462 e. The fourth-order valence-corrected chi connectivity index (χ4v) is 3.06. The molecule has 0 radical (unpaired) electrons. The smallest absolute Gasteiger partial charge is 0.251 e. The topological polar surface area (TPSA) is 98.2 Å². The third kappa shape index (κ3) is 3.74. The second kappa shape index (κ2) is 6.59. The minimum absolute atomic E-state index is 0.269. The number of amides is 2. The van der Waals surface area contributed by atoms with Crippen LogP contribution in [0.1, 0.15) is 15.9 Å². The molecule has 3 aromatic heterocycles. The Labute approximate surface area is 139 Å². The molecule has 2 amide bonds. The standard InChI is InChI=1S/C15H11N3O3S2/c16-14(20)10-5-12(21-6-10)11-8-23-15(17-11)18-13(19)2-1-9-3-4-22-7-9/h1-8H,(H2,16,20)(H,17,18,19)/b2-1+. The number of furan rings is 1. The maximum Gasteiger partial charge on any atom is 0.251 e.